The lowest BCUT2D eigenvalue weighted by Gasteiger charge is -2.32. The van der Waals surface area contributed by atoms with Gasteiger partial charge in [-0.05, 0) is 53.9 Å². The minimum Gasteiger partial charge on any atom is -0.465 e. The monoisotopic (exact) mass is 708 g/mol. The van der Waals surface area contributed by atoms with Gasteiger partial charge in [0.2, 0.25) is 0 Å². The van der Waals surface area contributed by atoms with Gasteiger partial charge in [-0.1, -0.05) is 0 Å². The van der Waals surface area contributed by atoms with E-state index in [9.17, 15) is 19.2 Å². The molecule has 0 fully saturated rings. The zero-order chi connectivity index (χ0) is 36.9. The second kappa shape index (κ2) is 29.3. The molecule has 4 N–H and O–H groups in total. The summed E-state index contributed by atoms with van der Waals surface area (Å²) in [6, 6.07) is 0. The van der Waals surface area contributed by atoms with Gasteiger partial charge < -0.3 is 59.0 Å². The number of nitrogens with zero attached hydrogens (tertiary/aromatic N) is 4. The summed E-state index contributed by atoms with van der Waals surface area (Å²) in [5, 5.41) is 36.2. The molecule has 0 heterocycles. The fourth-order valence-electron chi connectivity index (χ4n) is 4.41. The number of carbonyl (C=O) groups excluding carboxylic acids is 4. The van der Waals surface area contributed by atoms with Crippen LogP contribution in [0.25, 0.3) is 0 Å². The lowest BCUT2D eigenvalue weighted by molar-refractivity contribution is -0.171. The van der Waals surface area contributed by atoms with Crippen LogP contribution in [0.4, 0.5) is 0 Å². The largest absolute Gasteiger partial charge is 0.465 e. The highest BCUT2D eigenvalue weighted by atomic mass is 16.6. The first-order valence-corrected chi connectivity index (χ1v) is 17.2. The Morgan fingerprint density at radius 2 is 0.612 bits per heavy atom. The molecular weight excluding hydrogens is 644 g/mol. The van der Waals surface area contributed by atoms with Crippen LogP contribution in [-0.2, 0) is 38.1 Å². The minimum atomic E-state index is -1.40. The fourth-order valence-corrected chi connectivity index (χ4v) is 4.41. The van der Waals surface area contributed by atoms with Crippen molar-refractivity contribution in [3.8, 4) is 0 Å². The van der Waals surface area contributed by atoms with Crippen LogP contribution in [0.1, 0.15) is 51.4 Å². The van der Waals surface area contributed by atoms with Crippen molar-refractivity contribution in [2.45, 2.75) is 51.4 Å². The highest BCUT2D eigenvalue weighted by molar-refractivity contribution is 5.71. The molecule has 16 nitrogen and oxygen atoms in total. The zero-order valence-electron chi connectivity index (χ0n) is 30.3. The summed E-state index contributed by atoms with van der Waals surface area (Å²) in [6.45, 7) is 2.57. The summed E-state index contributed by atoms with van der Waals surface area (Å²) in [4.78, 5) is 58.6. The van der Waals surface area contributed by atoms with Gasteiger partial charge in [0.1, 0.15) is 31.8 Å². The predicted molar refractivity (Wildman–Crippen MR) is 182 cm³/mol. The first-order chi connectivity index (χ1) is 23.4. The SMILES string of the molecule is CN(CCCO)CCC(=O)OCC(COC(=O)CCN(C)CCCO)(COC(=O)CCN(C)CCCO)COC(=O)CCN(C)CCCO. The number of aliphatic hydroxyl groups is 4. The molecule has 0 radical (unpaired) electrons. The smallest absolute Gasteiger partial charge is 0.307 e. The summed E-state index contributed by atoms with van der Waals surface area (Å²) in [7, 11) is 7.26. The summed E-state index contributed by atoms with van der Waals surface area (Å²) in [5.74, 6) is -2.20. The number of esters is 4. The second-order valence-electron chi connectivity index (χ2n) is 12.7. The molecule has 288 valence electrons. The average Bonchev–Trinajstić information content (AvgIpc) is 3.10. The highest BCUT2D eigenvalue weighted by Crippen LogP contribution is 2.22. The average molecular weight is 709 g/mol. The molecule has 0 atom stereocenters. The van der Waals surface area contributed by atoms with Crippen LogP contribution in [0.3, 0.4) is 0 Å². The third-order valence-corrected chi connectivity index (χ3v) is 7.74. The number of carbonyl (C=O) groups is 4. The van der Waals surface area contributed by atoms with Crippen molar-refractivity contribution in [3.63, 3.8) is 0 Å². The van der Waals surface area contributed by atoms with E-state index < -0.39 is 29.3 Å². The van der Waals surface area contributed by atoms with Crippen LogP contribution >= 0.6 is 0 Å². The number of hydrogen-bond donors (Lipinski definition) is 4. The molecule has 0 aromatic rings. The van der Waals surface area contributed by atoms with Crippen molar-refractivity contribution in [2.75, 3.05) is 133 Å². The predicted octanol–water partition coefficient (Wildman–Crippen LogP) is -1.04. The van der Waals surface area contributed by atoms with E-state index in [-0.39, 0.29) is 78.5 Å². The third kappa shape index (κ3) is 26.1. The summed E-state index contributed by atoms with van der Waals surface area (Å²) >= 11 is 0. The molecule has 0 rings (SSSR count). The van der Waals surface area contributed by atoms with Crippen LogP contribution in [0.5, 0.6) is 0 Å². The van der Waals surface area contributed by atoms with Gasteiger partial charge >= 0.3 is 23.9 Å². The number of ether oxygens (including phenoxy) is 4. The van der Waals surface area contributed by atoms with Gasteiger partial charge in [0.25, 0.3) is 0 Å². The maximum Gasteiger partial charge on any atom is 0.307 e. The molecule has 0 aliphatic carbocycles. The molecule has 0 saturated carbocycles. The Morgan fingerprint density at radius 1 is 0.408 bits per heavy atom. The topological polar surface area (TPSA) is 199 Å². The first kappa shape index (κ1) is 46.6. The molecule has 0 unspecified atom stereocenters. The Bertz CT molecular complexity index is 756. The van der Waals surface area contributed by atoms with Crippen LogP contribution in [0, 0.1) is 5.41 Å². The molecule has 0 aliphatic rings. The zero-order valence-corrected chi connectivity index (χ0v) is 30.3. The van der Waals surface area contributed by atoms with Crippen LogP contribution in [0.15, 0.2) is 0 Å². The van der Waals surface area contributed by atoms with Crippen molar-refractivity contribution < 1.29 is 58.6 Å². The van der Waals surface area contributed by atoms with Gasteiger partial charge in [0.15, 0.2) is 0 Å². The molecule has 0 saturated heterocycles. The van der Waals surface area contributed by atoms with Crippen LogP contribution < -0.4 is 0 Å². The lowest BCUT2D eigenvalue weighted by atomic mass is 9.92. The van der Waals surface area contributed by atoms with E-state index in [1.54, 1.807) is 0 Å². The van der Waals surface area contributed by atoms with Crippen LogP contribution in [0.2, 0.25) is 0 Å². The van der Waals surface area contributed by atoms with E-state index in [2.05, 4.69) is 0 Å². The molecule has 0 aromatic heterocycles. The second-order valence-corrected chi connectivity index (χ2v) is 12.7. The molecule has 16 heteroatoms. The maximum absolute atomic E-state index is 12.8. The van der Waals surface area contributed by atoms with E-state index in [0.717, 1.165) is 0 Å². The molecular formula is C33H64N4O12. The van der Waals surface area contributed by atoms with Gasteiger partial charge in [-0.15, -0.1) is 0 Å². The molecule has 0 bridgehead atoms. The highest BCUT2D eigenvalue weighted by Gasteiger charge is 2.38. The van der Waals surface area contributed by atoms with E-state index >= 15 is 0 Å². The van der Waals surface area contributed by atoms with E-state index in [0.29, 0.717) is 78.0 Å². The first-order valence-electron chi connectivity index (χ1n) is 17.2. The Labute approximate surface area is 292 Å². The van der Waals surface area contributed by atoms with Crippen molar-refractivity contribution in [2.24, 2.45) is 5.41 Å². The molecule has 0 aliphatic heterocycles. The lowest BCUT2D eigenvalue weighted by Crippen LogP contribution is -2.44. The van der Waals surface area contributed by atoms with Crippen molar-refractivity contribution in [1.82, 2.24) is 19.6 Å². The van der Waals surface area contributed by atoms with Gasteiger partial charge in [-0.2, -0.15) is 0 Å². The summed E-state index contributed by atoms with van der Waals surface area (Å²) < 4.78 is 22.4. The Morgan fingerprint density at radius 3 is 0.796 bits per heavy atom. The Balaban J connectivity index is 5.80. The molecule has 0 spiro atoms. The van der Waals surface area contributed by atoms with Crippen molar-refractivity contribution >= 4 is 23.9 Å². The number of rotatable bonds is 32. The molecule has 0 aromatic carbocycles. The maximum atomic E-state index is 12.8. The van der Waals surface area contributed by atoms with E-state index in [4.69, 9.17) is 39.4 Å². The minimum absolute atomic E-state index is 0.0321. The van der Waals surface area contributed by atoms with Crippen molar-refractivity contribution in [1.29, 1.82) is 0 Å². The summed E-state index contributed by atoms with van der Waals surface area (Å²) in [6.07, 6.45) is 2.39. The van der Waals surface area contributed by atoms with Gasteiger partial charge in [0, 0.05) is 78.8 Å². The fraction of sp³-hybridized carbons (Fsp3) is 0.879. The molecule has 0 amide bonds. The van der Waals surface area contributed by atoms with Gasteiger partial charge in [-0.25, -0.2) is 0 Å². The summed E-state index contributed by atoms with van der Waals surface area (Å²) in [5.41, 5.74) is -1.40. The normalized spacial score (nSPS) is 11.8. The molecule has 49 heavy (non-hydrogen) atoms. The van der Waals surface area contributed by atoms with Gasteiger partial charge in [0.05, 0.1) is 25.7 Å². The van der Waals surface area contributed by atoms with Crippen LogP contribution in [-0.4, -0.2) is 197 Å². The Kier molecular flexibility index (Phi) is 27.8. The number of hydrogen-bond acceptors (Lipinski definition) is 16. The Hall–Kier alpha value is -2.44. The number of aliphatic hydroxyl groups excluding tert-OH is 4. The van der Waals surface area contributed by atoms with E-state index in [1.807, 2.05) is 47.8 Å². The van der Waals surface area contributed by atoms with Gasteiger partial charge in [-0.3, -0.25) is 19.2 Å². The third-order valence-electron chi connectivity index (χ3n) is 7.74. The standard InChI is InChI=1S/C33H64N4O12/c1-34(13-5-21-38)17-9-29(42)46-25-33(26-47-30(43)10-18-35(2)14-6-22-39,27-48-31(44)11-19-36(3)15-7-23-40)28-49-32(45)12-20-37(4)16-8-24-41/h38-41H,5-28H2,1-4H3. The van der Waals surface area contributed by atoms with E-state index in [1.165, 1.54) is 0 Å². The van der Waals surface area contributed by atoms with Crippen molar-refractivity contribution in [3.05, 3.63) is 0 Å². The quantitative estimate of drug-likeness (QED) is 0.0488.